The molecule has 3 aromatic carbocycles. The minimum atomic E-state index is -0.687. The fraction of sp³-hybridized carbons (Fsp3) is 0.188. The van der Waals surface area contributed by atoms with Crippen molar-refractivity contribution < 1.29 is 23.9 Å². The predicted molar refractivity (Wildman–Crippen MR) is 155 cm³/mol. The second-order valence-electron chi connectivity index (χ2n) is 9.28. The molecule has 0 saturated carbocycles. The zero-order valence-electron chi connectivity index (χ0n) is 22.9. The van der Waals surface area contributed by atoms with E-state index in [1.54, 1.807) is 36.4 Å². The van der Waals surface area contributed by atoms with E-state index in [-0.39, 0.29) is 12.3 Å². The van der Waals surface area contributed by atoms with Crippen LogP contribution < -0.4 is 20.1 Å². The van der Waals surface area contributed by atoms with Crippen LogP contribution in [0.2, 0.25) is 0 Å². The van der Waals surface area contributed by atoms with E-state index in [0.29, 0.717) is 41.3 Å². The van der Waals surface area contributed by atoms with Crippen molar-refractivity contribution in [2.45, 2.75) is 26.9 Å². The Morgan fingerprint density at radius 3 is 2.56 bits per heavy atom. The molecule has 3 aromatic rings. The van der Waals surface area contributed by atoms with Crippen LogP contribution in [-0.4, -0.2) is 35.9 Å². The number of nitrogens with one attached hydrogen (secondary N) is 2. The molecule has 0 bridgehead atoms. The molecule has 208 valence electrons. The Bertz CT molecular complexity index is 1550. The maximum atomic E-state index is 13.1. The van der Waals surface area contributed by atoms with Crippen LogP contribution in [0.1, 0.15) is 34.7 Å². The van der Waals surface area contributed by atoms with E-state index in [2.05, 4.69) is 23.3 Å². The molecule has 1 heterocycles. The summed E-state index contributed by atoms with van der Waals surface area (Å²) < 4.78 is 12.0. The molecule has 1 aliphatic rings. The molecule has 1 aliphatic heterocycles. The van der Waals surface area contributed by atoms with Crippen LogP contribution >= 0.6 is 0 Å². The highest BCUT2D eigenvalue weighted by Gasteiger charge is 2.35. The fourth-order valence-electron chi connectivity index (χ4n) is 4.27. The van der Waals surface area contributed by atoms with E-state index >= 15 is 0 Å². The van der Waals surface area contributed by atoms with Gasteiger partial charge in [0.05, 0.1) is 18.2 Å². The van der Waals surface area contributed by atoms with Gasteiger partial charge in [-0.15, -0.1) is 6.58 Å². The monoisotopic (exact) mass is 550 g/mol. The molecule has 0 spiro atoms. The first-order valence-corrected chi connectivity index (χ1v) is 13.1. The number of anilines is 1. The predicted octanol–water partition coefficient (Wildman–Crippen LogP) is 5.10. The second-order valence-corrected chi connectivity index (χ2v) is 9.28. The number of imide groups is 1. The third-order valence-corrected chi connectivity index (χ3v) is 6.24. The molecule has 0 aromatic heterocycles. The molecule has 0 aliphatic carbocycles. The van der Waals surface area contributed by atoms with Crippen molar-refractivity contribution in [2.24, 2.45) is 0 Å². The van der Waals surface area contributed by atoms with Crippen molar-refractivity contribution in [3.05, 3.63) is 107 Å². The molecule has 0 unspecified atom stereocenters. The van der Waals surface area contributed by atoms with Gasteiger partial charge in [0.2, 0.25) is 5.91 Å². The molecule has 2 N–H and O–H groups in total. The van der Waals surface area contributed by atoms with Crippen molar-refractivity contribution >= 4 is 29.6 Å². The number of hydrogen-bond acceptors (Lipinski definition) is 6. The summed E-state index contributed by atoms with van der Waals surface area (Å²) in [7, 11) is 0. The highest BCUT2D eigenvalue weighted by molar-refractivity contribution is 6.16. The van der Waals surface area contributed by atoms with Crippen molar-refractivity contribution in [1.29, 1.82) is 5.26 Å². The van der Waals surface area contributed by atoms with Crippen molar-refractivity contribution in [3.63, 3.8) is 0 Å². The number of rotatable bonds is 11. The molecule has 0 radical (unpaired) electrons. The highest BCUT2D eigenvalue weighted by atomic mass is 16.5. The number of carbonyl (C=O) groups is 3. The van der Waals surface area contributed by atoms with Gasteiger partial charge >= 0.3 is 6.03 Å². The van der Waals surface area contributed by atoms with E-state index in [0.717, 1.165) is 21.6 Å². The first-order valence-electron chi connectivity index (χ1n) is 13.1. The minimum absolute atomic E-state index is 0.0294. The van der Waals surface area contributed by atoms with Gasteiger partial charge < -0.3 is 20.1 Å². The van der Waals surface area contributed by atoms with Gasteiger partial charge in [-0.3, -0.25) is 9.59 Å². The topological polar surface area (TPSA) is 121 Å². The van der Waals surface area contributed by atoms with Crippen LogP contribution in [0.15, 0.2) is 79.0 Å². The van der Waals surface area contributed by atoms with Gasteiger partial charge in [0.25, 0.3) is 5.91 Å². The summed E-state index contributed by atoms with van der Waals surface area (Å²) in [5, 5.41) is 14.7. The van der Waals surface area contributed by atoms with Crippen molar-refractivity contribution in [2.75, 3.05) is 18.5 Å². The molecule has 9 nitrogen and oxygen atoms in total. The average Bonchev–Trinajstić information content (AvgIpc) is 3.21. The van der Waals surface area contributed by atoms with Gasteiger partial charge in [0.15, 0.2) is 11.5 Å². The van der Waals surface area contributed by atoms with E-state index < -0.39 is 24.4 Å². The van der Waals surface area contributed by atoms with Gasteiger partial charge in [-0.25, -0.2) is 9.69 Å². The molecular weight excluding hydrogens is 520 g/mol. The smallest absolute Gasteiger partial charge is 0.329 e. The molecule has 41 heavy (non-hydrogen) atoms. The fourth-order valence-corrected chi connectivity index (χ4v) is 4.27. The van der Waals surface area contributed by atoms with E-state index in [1.165, 1.54) is 6.08 Å². The largest absolute Gasteiger partial charge is 0.490 e. The van der Waals surface area contributed by atoms with Crippen LogP contribution in [-0.2, 0) is 22.6 Å². The number of ether oxygens (including phenoxy) is 2. The van der Waals surface area contributed by atoms with Crippen LogP contribution in [0.5, 0.6) is 11.5 Å². The number of allylic oxidation sites excluding steroid dienone is 1. The standard InChI is InChI=1S/C32H30N4O5/c1-4-8-23-15-22(17-28(40-5-2)30(23)41-20-25-10-7-6-9-24(25)18-33)16-27-31(38)36(32(39)35-27)19-29(37)34-26-13-11-21(3)12-14-26/h4,6-7,9-17H,1,5,8,19-20H2,2-3H3,(H,34,37)(H,35,39). The zero-order chi connectivity index (χ0) is 29.4. The Kier molecular flexibility index (Phi) is 9.17. The molecule has 4 rings (SSSR count). The summed E-state index contributed by atoms with van der Waals surface area (Å²) in [5.74, 6) is -0.173. The van der Waals surface area contributed by atoms with Crippen LogP contribution in [0.25, 0.3) is 6.08 Å². The molecule has 4 amide bonds. The summed E-state index contributed by atoms with van der Waals surface area (Å²) in [5.41, 5.74) is 4.23. The Labute approximate surface area is 238 Å². The van der Waals surface area contributed by atoms with Crippen LogP contribution in [0.4, 0.5) is 10.5 Å². The van der Waals surface area contributed by atoms with E-state index in [1.807, 2.05) is 44.2 Å². The number of nitrogens with zero attached hydrogens (tertiary/aromatic N) is 2. The third kappa shape index (κ3) is 6.99. The van der Waals surface area contributed by atoms with Crippen molar-refractivity contribution in [1.82, 2.24) is 10.2 Å². The van der Waals surface area contributed by atoms with E-state index in [4.69, 9.17) is 9.47 Å². The second kappa shape index (κ2) is 13.1. The quantitative estimate of drug-likeness (QED) is 0.195. The number of hydrogen-bond donors (Lipinski definition) is 2. The normalized spacial score (nSPS) is 13.5. The number of carbonyl (C=O) groups excluding carboxylic acids is 3. The lowest BCUT2D eigenvalue weighted by Gasteiger charge is -2.17. The number of aryl methyl sites for hydroxylation is 1. The first kappa shape index (κ1) is 28.6. The first-order chi connectivity index (χ1) is 19.8. The summed E-state index contributed by atoms with van der Waals surface area (Å²) in [6.07, 6.45) is 3.69. The SMILES string of the molecule is C=CCc1cc(C=C2NC(=O)N(CC(=O)Nc3ccc(C)cc3)C2=O)cc(OCC)c1OCc1ccccc1C#N. The lowest BCUT2D eigenvalue weighted by atomic mass is 10.0. The maximum Gasteiger partial charge on any atom is 0.329 e. The van der Waals surface area contributed by atoms with Gasteiger partial charge in [-0.1, -0.05) is 42.0 Å². The van der Waals surface area contributed by atoms with Crippen molar-refractivity contribution in [3.8, 4) is 17.6 Å². The Morgan fingerprint density at radius 1 is 1.10 bits per heavy atom. The summed E-state index contributed by atoms with van der Waals surface area (Å²) in [4.78, 5) is 39.0. The average molecular weight is 551 g/mol. The Balaban J connectivity index is 1.56. The maximum absolute atomic E-state index is 13.1. The number of amides is 4. The molecular formula is C32H30N4O5. The minimum Gasteiger partial charge on any atom is -0.490 e. The third-order valence-electron chi connectivity index (χ3n) is 6.24. The molecule has 1 saturated heterocycles. The summed E-state index contributed by atoms with van der Waals surface area (Å²) in [6, 6.07) is 19.4. The number of benzene rings is 3. The van der Waals surface area contributed by atoms with Crippen LogP contribution in [0, 0.1) is 18.3 Å². The highest BCUT2D eigenvalue weighted by Crippen LogP contribution is 2.35. The van der Waals surface area contributed by atoms with Gasteiger partial charge in [0, 0.05) is 16.8 Å². The van der Waals surface area contributed by atoms with E-state index in [9.17, 15) is 19.6 Å². The van der Waals surface area contributed by atoms with Gasteiger partial charge in [-0.05, 0) is 62.2 Å². The number of urea groups is 1. The lowest BCUT2D eigenvalue weighted by Crippen LogP contribution is -2.38. The Morgan fingerprint density at radius 2 is 1.85 bits per heavy atom. The summed E-state index contributed by atoms with van der Waals surface area (Å²) >= 11 is 0. The van der Waals surface area contributed by atoms with Gasteiger partial charge in [-0.2, -0.15) is 5.26 Å². The zero-order valence-corrected chi connectivity index (χ0v) is 22.9. The number of nitriles is 1. The molecule has 9 heteroatoms. The lowest BCUT2D eigenvalue weighted by molar-refractivity contribution is -0.127. The summed E-state index contributed by atoms with van der Waals surface area (Å²) in [6.45, 7) is 7.69. The van der Waals surface area contributed by atoms with Gasteiger partial charge in [0.1, 0.15) is 18.8 Å². The Hall–Kier alpha value is -5.36. The molecule has 0 atom stereocenters. The molecule has 1 fully saturated rings. The van der Waals surface area contributed by atoms with Crippen LogP contribution in [0.3, 0.4) is 0 Å².